The molecule has 102 valence electrons. The van der Waals surface area contributed by atoms with Crippen molar-refractivity contribution in [2.75, 3.05) is 16.4 Å². The Bertz CT molecular complexity index is 665. The first kappa shape index (κ1) is 13.3. The Balaban J connectivity index is 2.02. The van der Waals surface area contributed by atoms with E-state index >= 15 is 0 Å². The Morgan fingerprint density at radius 3 is 2.84 bits per heavy atom. The molecule has 2 aliphatic heterocycles. The molecule has 19 heavy (non-hydrogen) atoms. The van der Waals surface area contributed by atoms with Crippen molar-refractivity contribution in [3.8, 4) is 0 Å². The van der Waals surface area contributed by atoms with E-state index in [1.54, 1.807) is 17.0 Å². The summed E-state index contributed by atoms with van der Waals surface area (Å²) in [6.45, 7) is 0. The largest absolute Gasteiger partial charge is 0.356 e. The highest BCUT2D eigenvalue weighted by Gasteiger charge is 2.48. The van der Waals surface area contributed by atoms with Gasteiger partial charge in [-0.25, -0.2) is 12.8 Å². The van der Waals surface area contributed by atoms with Crippen LogP contribution in [0.2, 0.25) is 0 Å². The number of thiocarbonyl (C=S) groups is 1. The standard InChI is InChI=1S/C11H10BrFN2O2S2/c12-6-1-2-9(7(13)3-6)15-10-5-19(16,17)4-8(10)14-11(15)18/h1-3,8,10H,4-5H2,(H,14,18)/t8-,10-/m1/s1. The molecule has 2 fully saturated rings. The highest BCUT2D eigenvalue weighted by molar-refractivity contribution is 9.10. The molecule has 0 spiro atoms. The maximum Gasteiger partial charge on any atom is 0.174 e. The van der Waals surface area contributed by atoms with Gasteiger partial charge in [-0.2, -0.15) is 0 Å². The van der Waals surface area contributed by atoms with Gasteiger partial charge in [0.2, 0.25) is 0 Å². The van der Waals surface area contributed by atoms with Gasteiger partial charge in [-0.3, -0.25) is 0 Å². The smallest absolute Gasteiger partial charge is 0.174 e. The van der Waals surface area contributed by atoms with Crippen molar-refractivity contribution in [1.29, 1.82) is 0 Å². The van der Waals surface area contributed by atoms with Crippen LogP contribution in [0.15, 0.2) is 22.7 Å². The maximum absolute atomic E-state index is 14.0. The molecule has 2 aliphatic rings. The van der Waals surface area contributed by atoms with E-state index in [0.717, 1.165) is 0 Å². The fraction of sp³-hybridized carbons (Fsp3) is 0.364. The summed E-state index contributed by atoms with van der Waals surface area (Å²) in [5.41, 5.74) is 0.310. The van der Waals surface area contributed by atoms with Crippen LogP contribution in [0.4, 0.5) is 10.1 Å². The van der Waals surface area contributed by atoms with Gasteiger partial charge in [-0.1, -0.05) is 15.9 Å². The number of hydrogen-bond acceptors (Lipinski definition) is 3. The Morgan fingerprint density at radius 1 is 1.42 bits per heavy atom. The lowest BCUT2D eigenvalue weighted by molar-refractivity contribution is 0.600. The monoisotopic (exact) mass is 364 g/mol. The summed E-state index contributed by atoms with van der Waals surface area (Å²) in [5.74, 6) is -0.379. The SMILES string of the molecule is O=S1(=O)C[C@@H]2[C@@H](C1)NC(=S)N2c1ccc(Br)cc1F. The zero-order valence-corrected chi connectivity index (χ0v) is 12.9. The van der Waals surface area contributed by atoms with Crippen LogP contribution in [0.1, 0.15) is 0 Å². The minimum atomic E-state index is -3.09. The van der Waals surface area contributed by atoms with Crippen molar-refractivity contribution >= 4 is 48.8 Å². The predicted octanol–water partition coefficient (Wildman–Crippen LogP) is 1.45. The van der Waals surface area contributed by atoms with Crippen LogP contribution >= 0.6 is 28.1 Å². The minimum Gasteiger partial charge on any atom is -0.356 e. The molecule has 8 heteroatoms. The molecule has 1 aromatic carbocycles. The van der Waals surface area contributed by atoms with Crippen LogP contribution in [-0.4, -0.2) is 37.1 Å². The topological polar surface area (TPSA) is 49.4 Å². The number of benzene rings is 1. The number of nitrogens with one attached hydrogen (secondary N) is 1. The molecule has 2 heterocycles. The molecule has 0 aliphatic carbocycles. The Labute approximate surface area is 124 Å². The Hall–Kier alpha value is -0.730. The number of halogens is 2. The summed E-state index contributed by atoms with van der Waals surface area (Å²) in [6, 6.07) is 4.07. The Morgan fingerprint density at radius 2 is 2.16 bits per heavy atom. The highest BCUT2D eigenvalue weighted by atomic mass is 79.9. The quantitative estimate of drug-likeness (QED) is 0.764. The third kappa shape index (κ3) is 2.25. The van der Waals surface area contributed by atoms with Gasteiger partial charge in [0.25, 0.3) is 0 Å². The first-order valence-electron chi connectivity index (χ1n) is 5.62. The third-order valence-corrected chi connectivity index (χ3v) is 5.88. The number of sulfone groups is 1. The van der Waals surface area contributed by atoms with Crippen molar-refractivity contribution in [3.63, 3.8) is 0 Å². The number of fused-ring (bicyclic) bond motifs is 1. The molecule has 1 aromatic rings. The molecule has 0 aromatic heterocycles. The van der Waals surface area contributed by atoms with Gasteiger partial charge >= 0.3 is 0 Å². The third-order valence-electron chi connectivity index (χ3n) is 3.35. The maximum atomic E-state index is 14.0. The number of anilines is 1. The molecule has 2 atom stereocenters. The zero-order valence-electron chi connectivity index (χ0n) is 9.64. The van der Waals surface area contributed by atoms with E-state index in [9.17, 15) is 12.8 Å². The fourth-order valence-corrected chi connectivity index (χ4v) is 5.17. The molecule has 0 saturated carbocycles. The second-order valence-corrected chi connectivity index (χ2v) is 8.12. The molecular weight excluding hydrogens is 355 g/mol. The number of hydrogen-bond donors (Lipinski definition) is 1. The second kappa shape index (κ2) is 4.39. The summed E-state index contributed by atoms with van der Waals surface area (Å²) in [5, 5.41) is 3.34. The van der Waals surface area contributed by atoms with E-state index in [4.69, 9.17) is 12.2 Å². The first-order valence-corrected chi connectivity index (χ1v) is 8.65. The molecule has 0 bridgehead atoms. The lowest BCUT2D eigenvalue weighted by Crippen LogP contribution is -2.37. The van der Waals surface area contributed by atoms with Gasteiger partial charge in [-0.15, -0.1) is 0 Å². The second-order valence-electron chi connectivity index (χ2n) is 4.67. The van der Waals surface area contributed by atoms with Crippen LogP contribution in [0.25, 0.3) is 0 Å². The van der Waals surface area contributed by atoms with Crippen LogP contribution in [0.5, 0.6) is 0 Å². The summed E-state index contributed by atoms with van der Waals surface area (Å²) in [4.78, 5) is 1.58. The van der Waals surface area contributed by atoms with Gasteiger partial charge in [-0.05, 0) is 30.4 Å². The van der Waals surface area contributed by atoms with Gasteiger partial charge in [0.05, 0.1) is 29.3 Å². The van der Waals surface area contributed by atoms with Gasteiger partial charge in [0.1, 0.15) is 5.82 Å². The van der Waals surface area contributed by atoms with Gasteiger partial charge < -0.3 is 10.2 Å². The van der Waals surface area contributed by atoms with Crippen molar-refractivity contribution in [2.24, 2.45) is 0 Å². The predicted molar refractivity (Wildman–Crippen MR) is 78.5 cm³/mol. The average Bonchev–Trinajstić information content (AvgIpc) is 2.70. The molecule has 0 unspecified atom stereocenters. The lowest BCUT2D eigenvalue weighted by Gasteiger charge is -2.23. The first-order chi connectivity index (χ1) is 8.87. The molecule has 3 rings (SSSR count). The zero-order chi connectivity index (χ0) is 13.8. The summed E-state index contributed by atoms with van der Waals surface area (Å²) in [7, 11) is -3.09. The normalized spacial score (nSPS) is 28.3. The molecule has 1 N–H and O–H groups in total. The molecule has 0 amide bonds. The van der Waals surface area contributed by atoms with Crippen LogP contribution in [0, 0.1) is 5.82 Å². The molecule has 2 saturated heterocycles. The summed E-state index contributed by atoms with van der Waals surface area (Å²) < 4.78 is 38.0. The van der Waals surface area contributed by atoms with Crippen molar-refractivity contribution < 1.29 is 12.8 Å². The van der Waals surface area contributed by atoms with E-state index in [2.05, 4.69) is 21.2 Å². The van der Waals surface area contributed by atoms with E-state index in [-0.39, 0.29) is 23.6 Å². The molecular formula is C11H10BrFN2O2S2. The summed E-state index contributed by atoms with van der Waals surface area (Å²) >= 11 is 8.38. The van der Waals surface area contributed by atoms with E-state index in [1.165, 1.54) is 6.07 Å². The van der Waals surface area contributed by atoms with Crippen LogP contribution in [0.3, 0.4) is 0 Å². The number of nitrogens with zero attached hydrogens (tertiary/aromatic N) is 1. The van der Waals surface area contributed by atoms with E-state index in [1.807, 2.05) is 0 Å². The van der Waals surface area contributed by atoms with Crippen LogP contribution in [-0.2, 0) is 9.84 Å². The van der Waals surface area contributed by atoms with Gasteiger partial charge in [0, 0.05) is 4.47 Å². The molecule has 0 radical (unpaired) electrons. The van der Waals surface area contributed by atoms with Gasteiger partial charge in [0.15, 0.2) is 14.9 Å². The fourth-order valence-electron chi connectivity index (χ4n) is 2.56. The van der Waals surface area contributed by atoms with Crippen LogP contribution < -0.4 is 10.2 Å². The highest BCUT2D eigenvalue weighted by Crippen LogP contribution is 2.32. The van der Waals surface area contributed by atoms with E-state index in [0.29, 0.717) is 15.3 Å². The Kier molecular flexibility index (Phi) is 3.06. The average molecular weight is 365 g/mol. The lowest BCUT2D eigenvalue weighted by atomic mass is 10.1. The summed E-state index contributed by atoms with van der Waals surface area (Å²) in [6.07, 6.45) is 0. The number of rotatable bonds is 1. The van der Waals surface area contributed by atoms with Crippen molar-refractivity contribution in [3.05, 3.63) is 28.5 Å². The minimum absolute atomic E-state index is 0.000308. The van der Waals surface area contributed by atoms with Crippen molar-refractivity contribution in [2.45, 2.75) is 12.1 Å². The van der Waals surface area contributed by atoms with E-state index < -0.39 is 15.7 Å². The van der Waals surface area contributed by atoms with Crippen molar-refractivity contribution in [1.82, 2.24) is 5.32 Å². The molecule has 4 nitrogen and oxygen atoms in total.